The fourth-order valence-electron chi connectivity index (χ4n) is 3.81. The standard InChI is InChI=1S/C24H33N3O3.HI/c1-19(30-22-12-8-7-11-21(22)28-3)17-26-23(25-2)27-18-24(13-15-29-16-14-24)20-9-5-4-6-10-20;/h4-12,19H,13-18H2,1-3H3,(H2,25,26,27);1H. The molecule has 1 heterocycles. The van der Waals surface area contributed by atoms with Gasteiger partial charge < -0.3 is 24.8 Å². The molecule has 2 N–H and O–H groups in total. The first-order valence-electron chi connectivity index (χ1n) is 10.5. The highest BCUT2D eigenvalue weighted by Crippen LogP contribution is 2.34. The van der Waals surface area contributed by atoms with E-state index in [0.29, 0.717) is 6.54 Å². The number of hydrogen-bond donors (Lipinski definition) is 2. The van der Waals surface area contributed by atoms with Gasteiger partial charge in [-0.1, -0.05) is 42.5 Å². The predicted octanol–water partition coefficient (Wildman–Crippen LogP) is 3.99. The third-order valence-electron chi connectivity index (χ3n) is 5.61. The maximum Gasteiger partial charge on any atom is 0.191 e. The van der Waals surface area contributed by atoms with Crippen molar-refractivity contribution in [2.24, 2.45) is 4.99 Å². The summed E-state index contributed by atoms with van der Waals surface area (Å²) in [6, 6.07) is 18.4. The Labute approximate surface area is 202 Å². The average Bonchev–Trinajstić information content (AvgIpc) is 2.80. The molecule has 1 atom stereocenters. The molecule has 1 fully saturated rings. The molecule has 0 amide bonds. The van der Waals surface area contributed by atoms with Gasteiger partial charge in [0, 0.05) is 32.2 Å². The van der Waals surface area contributed by atoms with E-state index in [2.05, 4.69) is 46.0 Å². The summed E-state index contributed by atoms with van der Waals surface area (Å²) in [5.41, 5.74) is 1.40. The number of ether oxygens (including phenoxy) is 3. The topological polar surface area (TPSA) is 64.1 Å². The van der Waals surface area contributed by atoms with Crippen molar-refractivity contribution in [3.8, 4) is 11.5 Å². The molecule has 3 rings (SSSR count). The van der Waals surface area contributed by atoms with Crippen LogP contribution in [0.2, 0.25) is 0 Å². The van der Waals surface area contributed by atoms with Gasteiger partial charge in [-0.25, -0.2) is 0 Å². The third kappa shape index (κ3) is 7.00. The number of aliphatic imine (C=N–C) groups is 1. The van der Waals surface area contributed by atoms with Crippen LogP contribution >= 0.6 is 24.0 Å². The minimum absolute atomic E-state index is 0. The Morgan fingerprint density at radius 2 is 1.68 bits per heavy atom. The van der Waals surface area contributed by atoms with Crippen LogP contribution < -0.4 is 20.1 Å². The Kier molecular flexibility index (Phi) is 10.4. The Balaban J connectivity index is 0.00000341. The number of guanidine groups is 1. The van der Waals surface area contributed by atoms with E-state index in [9.17, 15) is 0 Å². The van der Waals surface area contributed by atoms with Gasteiger partial charge in [0.1, 0.15) is 6.10 Å². The van der Waals surface area contributed by atoms with E-state index in [1.54, 1.807) is 14.2 Å². The summed E-state index contributed by atoms with van der Waals surface area (Å²) in [5.74, 6) is 2.24. The first-order valence-corrected chi connectivity index (χ1v) is 10.5. The SMILES string of the molecule is CN=C(NCC(C)Oc1ccccc1OC)NCC1(c2ccccc2)CCOCC1.I. The van der Waals surface area contributed by atoms with Gasteiger partial charge in [-0.3, -0.25) is 4.99 Å². The van der Waals surface area contributed by atoms with Crippen LogP contribution in [0.4, 0.5) is 0 Å². The van der Waals surface area contributed by atoms with E-state index in [-0.39, 0.29) is 35.5 Å². The van der Waals surface area contributed by atoms with Crippen molar-refractivity contribution < 1.29 is 14.2 Å². The molecule has 1 saturated heterocycles. The summed E-state index contributed by atoms with van der Waals surface area (Å²) in [5, 5.41) is 6.90. The lowest BCUT2D eigenvalue weighted by atomic mass is 9.74. The summed E-state index contributed by atoms with van der Waals surface area (Å²) >= 11 is 0. The number of para-hydroxylation sites is 2. The molecule has 31 heavy (non-hydrogen) atoms. The highest BCUT2D eigenvalue weighted by atomic mass is 127. The minimum Gasteiger partial charge on any atom is -0.493 e. The van der Waals surface area contributed by atoms with Crippen molar-refractivity contribution in [1.82, 2.24) is 10.6 Å². The second kappa shape index (κ2) is 12.8. The van der Waals surface area contributed by atoms with Crippen LogP contribution in [0.15, 0.2) is 59.6 Å². The fraction of sp³-hybridized carbons (Fsp3) is 0.458. The number of nitrogens with one attached hydrogen (secondary N) is 2. The van der Waals surface area contributed by atoms with Crippen molar-refractivity contribution in [3.63, 3.8) is 0 Å². The Hall–Kier alpha value is -2.00. The highest BCUT2D eigenvalue weighted by Gasteiger charge is 2.34. The third-order valence-corrected chi connectivity index (χ3v) is 5.61. The van der Waals surface area contributed by atoms with E-state index in [1.807, 2.05) is 31.2 Å². The van der Waals surface area contributed by atoms with Gasteiger partial charge in [-0.05, 0) is 37.5 Å². The maximum atomic E-state index is 6.03. The van der Waals surface area contributed by atoms with Crippen LogP contribution in [0, 0.1) is 0 Å². The van der Waals surface area contributed by atoms with Gasteiger partial charge in [0.2, 0.25) is 0 Å². The molecular formula is C24H34IN3O3. The first-order chi connectivity index (χ1) is 14.7. The molecule has 1 aliphatic rings. The van der Waals surface area contributed by atoms with Gasteiger partial charge in [0.05, 0.1) is 13.7 Å². The summed E-state index contributed by atoms with van der Waals surface area (Å²) in [7, 11) is 3.44. The van der Waals surface area contributed by atoms with Crippen LogP contribution in [0.3, 0.4) is 0 Å². The van der Waals surface area contributed by atoms with Crippen LogP contribution in [-0.2, 0) is 10.2 Å². The molecule has 2 aromatic rings. The zero-order chi connectivity index (χ0) is 21.2. The monoisotopic (exact) mass is 539 g/mol. The first kappa shape index (κ1) is 25.3. The minimum atomic E-state index is -0.0500. The second-order valence-corrected chi connectivity index (χ2v) is 7.64. The molecule has 0 aliphatic carbocycles. The van der Waals surface area contributed by atoms with Crippen LogP contribution in [-0.4, -0.2) is 52.5 Å². The Morgan fingerprint density at radius 3 is 2.32 bits per heavy atom. The fourth-order valence-corrected chi connectivity index (χ4v) is 3.81. The van der Waals surface area contributed by atoms with E-state index in [4.69, 9.17) is 14.2 Å². The lowest BCUT2D eigenvalue weighted by Gasteiger charge is -2.38. The van der Waals surface area contributed by atoms with Crippen LogP contribution in [0.5, 0.6) is 11.5 Å². The molecule has 1 unspecified atom stereocenters. The second-order valence-electron chi connectivity index (χ2n) is 7.64. The van der Waals surface area contributed by atoms with Crippen LogP contribution in [0.1, 0.15) is 25.3 Å². The highest BCUT2D eigenvalue weighted by molar-refractivity contribution is 14.0. The average molecular weight is 539 g/mol. The van der Waals surface area contributed by atoms with E-state index in [0.717, 1.165) is 50.1 Å². The molecule has 6 nitrogen and oxygen atoms in total. The molecule has 2 aromatic carbocycles. The molecule has 0 saturated carbocycles. The van der Waals surface area contributed by atoms with Crippen molar-refractivity contribution in [2.75, 3.05) is 40.5 Å². The normalized spacial score (nSPS) is 16.5. The van der Waals surface area contributed by atoms with Gasteiger partial charge in [-0.2, -0.15) is 0 Å². The quantitative estimate of drug-likeness (QED) is 0.302. The lowest BCUT2D eigenvalue weighted by molar-refractivity contribution is 0.0513. The molecule has 0 spiro atoms. The van der Waals surface area contributed by atoms with E-state index < -0.39 is 0 Å². The summed E-state index contributed by atoms with van der Waals surface area (Å²) in [4.78, 5) is 4.39. The summed E-state index contributed by atoms with van der Waals surface area (Å²) in [6.07, 6.45) is 1.94. The number of nitrogens with zero attached hydrogens (tertiary/aromatic N) is 1. The number of methoxy groups -OCH3 is 1. The largest absolute Gasteiger partial charge is 0.493 e. The van der Waals surface area contributed by atoms with Crippen LogP contribution in [0.25, 0.3) is 0 Å². The number of halogens is 1. The molecule has 7 heteroatoms. The van der Waals surface area contributed by atoms with Crippen molar-refractivity contribution in [1.29, 1.82) is 0 Å². The molecule has 170 valence electrons. The van der Waals surface area contributed by atoms with Gasteiger partial charge in [-0.15, -0.1) is 24.0 Å². The molecular weight excluding hydrogens is 505 g/mol. The maximum absolute atomic E-state index is 6.03. The summed E-state index contributed by atoms with van der Waals surface area (Å²) < 4.78 is 17.0. The number of hydrogen-bond acceptors (Lipinski definition) is 4. The molecule has 0 aromatic heterocycles. The molecule has 0 radical (unpaired) electrons. The smallest absolute Gasteiger partial charge is 0.191 e. The number of rotatable bonds is 8. The Bertz CT molecular complexity index is 811. The zero-order valence-corrected chi connectivity index (χ0v) is 20.9. The van der Waals surface area contributed by atoms with E-state index >= 15 is 0 Å². The summed E-state index contributed by atoms with van der Waals surface area (Å²) in [6.45, 7) is 5.02. The van der Waals surface area contributed by atoms with Gasteiger partial charge in [0.15, 0.2) is 17.5 Å². The van der Waals surface area contributed by atoms with Crippen molar-refractivity contribution in [2.45, 2.75) is 31.3 Å². The number of benzene rings is 2. The Morgan fingerprint density at radius 1 is 1.03 bits per heavy atom. The molecule has 0 bridgehead atoms. The van der Waals surface area contributed by atoms with E-state index in [1.165, 1.54) is 5.56 Å². The zero-order valence-electron chi connectivity index (χ0n) is 18.6. The lowest BCUT2D eigenvalue weighted by Crippen LogP contribution is -2.49. The van der Waals surface area contributed by atoms with Gasteiger partial charge >= 0.3 is 0 Å². The molecule has 1 aliphatic heterocycles. The van der Waals surface area contributed by atoms with Gasteiger partial charge in [0.25, 0.3) is 0 Å². The van der Waals surface area contributed by atoms with Crippen molar-refractivity contribution >= 4 is 29.9 Å². The van der Waals surface area contributed by atoms with Crippen molar-refractivity contribution in [3.05, 3.63) is 60.2 Å². The predicted molar refractivity (Wildman–Crippen MR) is 136 cm³/mol.